The fraction of sp³-hybridized carbons (Fsp3) is 0.857. The van der Waals surface area contributed by atoms with Crippen LogP contribution in [0.1, 0.15) is 33.1 Å². The van der Waals surface area contributed by atoms with E-state index in [0.717, 1.165) is 0 Å². The van der Waals surface area contributed by atoms with Crippen LogP contribution in [0.5, 0.6) is 0 Å². The second-order valence-electron chi connectivity index (χ2n) is 5.48. The van der Waals surface area contributed by atoms with Crippen LogP contribution in [0.2, 0.25) is 0 Å². The number of carbonyl (C=O) groups excluding carboxylic acids is 2. The van der Waals surface area contributed by atoms with Gasteiger partial charge in [0.05, 0.1) is 18.1 Å². The van der Waals surface area contributed by atoms with Crippen LogP contribution in [-0.2, 0) is 9.53 Å². The Morgan fingerprint density at radius 3 is 2.25 bits per heavy atom. The largest absolute Gasteiger partial charge is 0.466 e. The number of carbonyl (C=O) groups is 2. The lowest BCUT2D eigenvalue weighted by atomic mass is 9.78. The lowest BCUT2D eigenvalue weighted by Gasteiger charge is -2.42. The number of hydrogen-bond donors (Lipinski definition) is 1. The van der Waals surface area contributed by atoms with Crippen molar-refractivity contribution in [3.63, 3.8) is 0 Å². The van der Waals surface area contributed by atoms with Crippen LogP contribution in [0.25, 0.3) is 0 Å². The Hall–Kier alpha value is -1.30. The molecule has 0 aliphatic carbocycles. The van der Waals surface area contributed by atoms with E-state index in [1.807, 2.05) is 6.92 Å². The fourth-order valence-electron chi connectivity index (χ4n) is 2.73. The van der Waals surface area contributed by atoms with Crippen molar-refractivity contribution < 1.29 is 19.4 Å². The summed E-state index contributed by atoms with van der Waals surface area (Å²) in [5.41, 5.74) is -1.07. The highest BCUT2D eigenvalue weighted by Gasteiger charge is 2.44. The first kappa shape index (κ1) is 16.8. The van der Waals surface area contributed by atoms with E-state index in [9.17, 15) is 14.7 Å². The lowest BCUT2D eigenvalue weighted by Crippen LogP contribution is -2.54. The number of nitrogens with zero attached hydrogens (tertiary/aromatic N) is 2. The van der Waals surface area contributed by atoms with Crippen molar-refractivity contribution in [1.29, 1.82) is 0 Å². The maximum atomic E-state index is 11.9. The summed E-state index contributed by atoms with van der Waals surface area (Å²) in [6, 6.07) is -0.0590. The molecule has 1 aliphatic heterocycles. The number of hydrogen-bond acceptors (Lipinski definition) is 4. The summed E-state index contributed by atoms with van der Waals surface area (Å²) in [5.74, 6) is -0.857. The number of amides is 2. The zero-order chi connectivity index (χ0) is 15.3. The highest BCUT2D eigenvalue weighted by atomic mass is 16.5. The maximum absolute atomic E-state index is 11.9. The van der Waals surface area contributed by atoms with E-state index in [0.29, 0.717) is 39.0 Å². The molecular weight excluding hydrogens is 260 g/mol. The SMILES string of the molecule is CCOC(=O)C(CC)C1(O)CCN(C(=O)N(C)C)CC1. The number of aliphatic hydroxyl groups is 1. The van der Waals surface area contributed by atoms with Crippen LogP contribution in [0, 0.1) is 5.92 Å². The van der Waals surface area contributed by atoms with Gasteiger partial charge in [-0.3, -0.25) is 4.79 Å². The van der Waals surface area contributed by atoms with Gasteiger partial charge in [-0.1, -0.05) is 6.92 Å². The van der Waals surface area contributed by atoms with Gasteiger partial charge in [-0.25, -0.2) is 4.79 Å². The summed E-state index contributed by atoms with van der Waals surface area (Å²) in [5, 5.41) is 10.7. The topological polar surface area (TPSA) is 70.1 Å². The van der Waals surface area contributed by atoms with Gasteiger partial charge >= 0.3 is 12.0 Å². The molecule has 116 valence electrons. The molecular formula is C14H26N2O4. The number of rotatable bonds is 4. The van der Waals surface area contributed by atoms with Crippen molar-refractivity contribution in [3.05, 3.63) is 0 Å². The molecule has 2 amide bonds. The summed E-state index contributed by atoms with van der Waals surface area (Å²) in [6.45, 7) is 4.87. The molecule has 0 aromatic carbocycles. The van der Waals surface area contributed by atoms with Crippen LogP contribution in [-0.4, -0.2) is 66.3 Å². The standard InChI is InChI=1S/C14H26N2O4/c1-5-11(12(17)20-6-2)14(19)7-9-16(10-8-14)13(18)15(3)4/h11,19H,5-10H2,1-4H3. The second kappa shape index (κ2) is 6.92. The molecule has 1 aliphatic rings. The van der Waals surface area contributed by atoms with E-state index in [1.165, 1.54) is 4.90 Å². The Bertz CT molecular complexity index is 349. The fourth-order valence-corrected chi connectivity index (χ4v) is 2.73. The molecule has 0 radical (unpaired) electrons. The van der Waals surface area contributed by atoms with Crippen LogP contribution in [0.4, 0.5) is 4.79 Å². The smallest absolute Gasteiger partial charge is 0.319 e. The molecule has 6 nitrogen and oxygen atoms in total. The molecule has 1 heterocycles. The molecule has 1 saturated heterocycles. The number of esters is 1. The highest BCUT2D eigenvalue weighted by Crippen LogP contribution is 2.33. The molecule has 6 heteroatoms. The first-order chi connectivity index (χ1) is 9.35. The van der Waals surface area contributed by atoms with Crippen LogP contribution >= 0.6 is 0 Å². The van der Waals surface area contributed by atoms with Gasteiger partial charge in [0.15, 0.2) is 0 Å². The molecule has 0 aromatic rings. The summed E-state index contributed by atoms with van der Waals surface area (Å²) in [6.07, 6.45) is 1.35. The van der Waals surface area contributed by atoms with E-state index >= 15 is 0 Å². The van der Waals surface area contributed by atoms with Gasteiger partial charge < -0.3 is 19.6 Å². The molecule has 0 spiro atoms. The summed E-state index contributed by atoms with van der Waals surface area (Å²) in [7, 11) is 3.41. The Balaban J connectivity index is 2.68. The zero-order valence-electron chi connectivity index (χ0n) is 12.9. The zero-order valence-corrected chi connectivity index (χ0v) is 12.9. The highest BCUT2D eigenvalue weighted by molar-refractivity contribution is 5.75. The minimum Gasteiger partial charge on any atom is -0.466 e. The van der Waals surface area contributed by atoms with Crippen LogP contribution in [0.3, 0.4) is 0 Å². The molecule has 20 heavy (non-hydrogen) atoms. The quantitative estimate of drug-likeness (QED) is 0.785. The van der Waals surface area contributed by atoms with Gasteiger partial charge in [-0.15, -0.1) is 0 Å². The van der Waals surface area contributed by atoms with Gasteiger partial charge in [0.2, 0.25) is 0 Å². The van der Waals surface area contributed by atoms with Crippen molar-refractivity contribution in [2.75, 3.05) is 33.8 Å². The Morgan fingerprint density at radius 2 is 1.85 bits per heavy atom. The van der Waals surface area contributed by atoms with E-state index < -0.39 is 11.5 Å². The number of ether oxygens (including phenoxy) is 1. The third-order valence-electron chi connectivity index (χ3n) is 3.91. The third-order valence-corrected chi connectivity index (χ3v) is 3.91. The van der Waals surface area contributed by atoms with Gasteiger partial charge in [0.25, 0.3) is 0 Å². The summed E-state index contributed by atoms with van der Waals surface area (Å²) < 4.78 is 5.04. The Morgan fingerprint density at radius 1 is 1.30 bits per heavy atom. The van der Waals surface area contributed by atoms with Gasteiger partial charge in [-0.2, -0.15) is 0 Å². The monoisotopic (exact) mass is 286 g/mol. The lowest BCUT2D eigenvalue weighted by molar-refractivity contribution is -0.162. The molecule has 1 rings (SSSR count). The van der Waals surface area contributed by atoms with E-state index in [2.05, 4.69) is 0 Å². The number of piperidine rings is 1. The van der Waals surface area contributed by atoms with Crippen molar-refractivity contribution in [3.8, 4) is 0 Å². The average Bonchev–Trinajstić information content (AvgIpc) is 2.39. The predicted molar refractivity (Wildman–Crippen MR) is 75.3 cm³/mol. The Labute approximate surface area is 120 Å². The summed E-state index contributed by atoms with van der Waals surface area (Å²) >= 11 is 0. The Kier molecular flexibility index (Phi) is 5.80. The minimum atomic E-state index is -1.07. The summed E-state index contributed by atoms with van der Waals surface area (Å²) in [4.78, 5) is 27.0. The number of urea groups is 1. The van der Waals surface area contributed by atoms with Crippen molar-refractivity contribution in [2.45, 2.75) is 38.7 Å². The predicted octanol–water partition coefficient (Wildman–Crippen LogP) is 1.08. The molecule has 1 atom stereocenters. The first-order valence-corrected chi connectivity index (χ1v) is 7.21. The molecule has 0 saturated carbocycles. The van der Waals surface area contributed by atoms with Crippen molar-refractivity contribution in [2.24, 2.45) is 5.92 Å². The average molecular weight is 286 g/mol. The molecule has 1 N–H and O–H groups in total. The van der Waals surface area contributed by atoms with Crippen LogP contribution < -0.4 is 0 Å². The first-order valence-electron chi connectivity index (χ1n) is 7.21. The molecule has 1 fully saturated rings. The van der Waals surface area contributed by atoms with E-state index in [-0.39, 0.29) is 12.0 Å². The number of likely N-dealkylation sites (tertiary alicyclic amines) is 1. The second-order valence-corrected chi connectivity index (χ2v) is 5.48. The van der Waals surface area contributed by atoms with E-state index in [4.69, 9.17) is 4.74 Å². The van der Waals surface area contributed by atoms with Crippen molar-refractivity contribution >= 4 is 12.0 Å². The third kappa shape index (κ3) is 3.62. The molecule has 0 aromatic heterocycles. The van der Waals surface area contributed by atoms with Crippen molar-refractivity contribution in [1.82, 2.24) is 9.80 Å². The van der Waals surface area contributed by atoms with E-state index in [1.54, 1.807) is 25.9 Å². The van der Waals surface area contributed by atoms with Gasteiger partial charge in [0.1, 0.15) is 0 Å². The van der Waals surface area contributed by atoms with Crippen LogP contribution in [0.15, 0.2) is 0 Å². The normalized spacial score (nSPS) is 19.4. The van der Waals surface area contributed by atoms with Gasteiger partial charge in [0, 0.05) is 27.2 Å². The molecule has 0 bridgehead atoms. The van der Waals surface area contributed by atoms with Gasteiger partial charge in [-0.05, 0) is 26.2 Å². The minimum absolute atomic E-state index is 0.0590. The molecule has 1 unspecified atom stereocenters. The maximum Gasteiger partial charge on any atom is 0.319 e.